The highest BCUT2D eigenvalue weighted by molar-refractivity contribution is 7.98. The Labute approximate surface area is 168 Å². The van der Waals surface area contributed by atoms with E-state index in [0.29, 0.717) is 23.4 Å². The molecular weight excluding hydrogens is 374 g/mol. The van der Waals surface area contributed by atoms with Gasteiger partial charge in [-0.05, 0) is 12.0 Å². The van der Waals surface area contributed by atoms with Crippen LogP contribution in [0.1, 0.15) is 31.4 Å². The first-order chi connectivity index (χ1) is 13.7. The number of benzene rings is 1. The van der Waals surface area contributed by atoms with Gasteiger partial charge in [0.25, 0.3) is 0 Å². The summed E-state index contributed by atoms with van der Waals surface area (Å²) in [6, 6.07) is 8.14. The van der Waals surface area contributed by atoms with Gasteiger partial charge in [-0.25, -0.2) is 9.97 Å². The van der Waals surface area contributed by atoms with E-state index >= 15 is 0 Å². The van der Waals surface area contributed by atoms with Crippen LogP contribution in [0.2, 0.25) is 0 Å². The average Bonchev–Trinajstić information content (AvgIpc) is 3.13. The predicted molar refractivity (Wildman–Crippen MR) is 108 cm³/mol. The Bertz CT molecular complexity index is 924. The molecule has 0 N–H and O–H groups in total. The Morgan fingerprint density at radius 3 is 2.71 bits per heavy atom. The van der Waals surface area contributed by atoms with E-state index in [1.54, 1.807) is 11.8 Å². The third kappa shape index (κ3) is 4.87. The lowest BCUT2D eigenvalue weighted by atomic mass is 10.1. The molecule has 1 saturated heterocycles. The summed E-state index contributed by atoms with van der Waals surface area (Å²) in [5, 5.41) is 6.13. The second kappa shape index (κ2) is 8.98. The van der Waals surface area contributed by atoms with Crippen LogP contribution in [-0.4, -0.2) is 51.3 Å². The number of rotatable bonds is 7. The van der Waals surface area contributed by atoms with E-state index in [2.05, 4.69) is 35.0 Å². The molecule has 2 aromatic heterocycles. The van der Waals surface area contributed by atoms with Crippen molar-refractivity contribution in [2.45, 2.75) is 37.6 Å². The fraction of sp³-hybridized carbons (Fsp3) is 0.500. The van der Waals surface area contributed by atoms with Crippen LogP contribution in [0.15, 0.2) is 33.8 Å². The molecular formula is C20H25N5O2S. The standard InChI is InChI=1S/C20H25N5O2S/c1-14(2)11-19-22-18(24-27-19)13-28-20-15-5-3-4-6-16(15)21-17(23-20)12-25-7-9-26-10-8-25/h3-6,14H,7-13H2,1-2H3. The maximum Gasteiger partial charge on any atom is 0.226 e. The molecule has 0 radical (unpaired) electrons. The van der Waals surface area contributed by atoms with Gasteiger partial charge in [0.2, 0.25) is 5.89 Å². The Balaban J connectivity index is 1.52. The molecule has 7 nitrogen and oxygen atoms in total. The normalized spacial score (nSPS) is 15.5. The van der Waals surface area contributed by atoms with Crippen molar-refractivity contribution in [2.75, 3.05) is 26.3 Å². The van der Waals surface area contributed by atoms with Crippen LogP contribution in [0.25, 0.3) is 10.9 Å². The number of para-hydroxylation sites is 1. The van der Waals surface area contributed by atoms with Gasteiger partial charge in [0, 0.05) is 24.9 Å². The van der Waals surface area contributed by atoms with Crippen LogP contribution in [-0.2, 0) is 23.5 Å². The van der Waals surface area contributed by atoms with Crippen molar-refractivity contribution in [2.24, 2.45) is 5.92 Å². The Morgan fingerprint density at radius 1 is 1.07 bits per heavy atom. The van der Waals surface area contributed by atoms with Gasteiger partial charge < -0.3 is 9.26 Å². The Hall–Kier alpha value is -2.03. The maximum absolute atomic E-state index is 5.44. The lowest BCUT2D eigenvalue weighted by Crippen LogP contribution is -2.36. The number of ether oxygens (including phenoxy) is 1. The van der Waals surface area contributed by atoms with Crippen molar-refractivity contribution in [1.29, 1.82) is 0 Å². The molecule has 0 bridgehead atoms. The highest BCUT2D eigenvalue weighted by Gasteiger charge is 2.15. The predicted octanol–water partition coefficient (Wildman–Crippen LogP) is 3.34. The zero-order chi connectivity index (χ0) is 19.3. The van der Waals surface area contributed by atoms with Crippen LogP contribution < -0.4 is 0 Å². The summed E-state index contributed by atoms with van der Waals surface area (Å²) < 4.78 is 10.8. The monoisotopic (exact) mass is 399 g/mol. The molecule has 4 rings (SSSR count). The summed E-state index contributed by atoms with van der Waals surface area (Å²) in [5.41, 5.74) is 0.969. The quantitative estimate of drug-likeness (QED) is 0.442. The molecule has 0 aliphatic carbocycles. The first-order valence-corrected chi connectivity index (χ1v) is 10.7. The smallest absolute Gasteiger partial charge is 0.226 e. The van der Waals surface area contributed by atoms with Crippen molar-refractivity contribution < 1.29 is 9.26 Å². The number of hydrogen-bond acceptors (Lipinski definition) is 8. The lowest BCUT2D eigenvalue weighted by Gasteiger charge is -2.25. The van der Waals surface area contributed by atoms with Gasteiger partial charge >= 0.3 is 0 Å². The van der Waals surface area contributed by atoms with E-state index in [1.807, 2.05) is 18.2 Å². The molecule has 1 fully saturated rings. The highest BCUT2D eigenvalue weighted by Crippen LogP contribution is 2.28. The first kappa shape index (κ1) is 19.3. The summed E-state index contributed by atoms with van der Waals surface area (Å²) in [5.74, 6) is 3.37. The van der Waals surface area contributed by atoms with Gasteiger partial charge in [-0.15, -0.1) is 0 Å². The fourth-order valence-corrected chi connectivity index (χ4v) is 4.03. The van der Waals surface area contributed by atoms with E-state index in [9.17, 15) is 0 Å². The van der Waals surface area contributed by atoms with Crippen LogP contribution >= 0.6 is 11.8 Å². The van der Waals surface area contributed by atoms with Gasteiger partial charge in [-0.3, -0.25) is 4.90 Å². The molecule has 0 unspecified atom stereocenters. The summed E-state index contributed by atoms with van der Waals surface area (Å²) in [6.45, 7) is 8.39. The molecule has 148 valence electrons. The van der Waals surface area contributed by atoms with E-state index in [1.165, 1.54) is 0 Å². The zero-order valence-electron chi connectivity index (χ0n) is 16.3. The number of hydrogen-bond donors (Lipinski definition) is 0. The largest absolute Gasteiger partial charge is 0.379 e. The molecule has 3 heterocycles. The summed E-state index contributed by atoms with van der Waals surface area (Å²) in [7, 11) is 0. The number of thioether (sulfide) groups is 1. The van der Waals surface area contributed by atoms with Crippen LogP contribution in [0.4, 0.5) is 0 Å². The van der Waals surface area contributed by atoms with E-state index in [0.717, 1.165) is 61.0 Å². The summed E-state index contributed by atoms with van der Waals surface area (Å²) >= 11 is 1.63. The van der Waals surface area contributed by atoms with Crippen LogP contribution in [0.5, 0.6) is 0 Å². The van der Waals surface area contributed by atoms with Gasteiger partial charge in [0.1, 0.15) is 10.9 Å². The van der Waals surface area contributed by atoms with Crippen LogP contribution in [0, 0.1) is 5.92 Å². The molecule has 28 heavy (non-hydrogen) atoms. The van der Waals surface area contributed by atoms with E-state index < -0.39 is 0 Å². The second-order valence-electron chi connectivity index (χ2n) is 7.34. The van der Waals surface area contributed by atoms with Gasteiger partial charge in [0.15, 0.2) is 5.82 Å². The molecule has 8 heteroatoms. The maximum atomic E-state index is 5.44. The number of nitrogens with zero attached hydrogens (tertiary/aromatic N) is 5. The SMILES string of the molecule is CC(C)Cc1nc(CSc2nc(CN3CCOCC3)nc3ccccc23)no1. The summed E-state index contributed by atoms with van der Waals surface area (Å²) in [4.78, 5) is 16.4. The zero-order valence-corrected chi connectivity index (χ0v) is 17.1. The molecule has 3 aromatic rings. The van der Waals surface area contributed by atoms with Crippen molar-refractivity contribution in [3.63, 3.8) is 0 Å². The Kier molecular flexibility index (Phi) is 6.19. The third-order valence-electron chi connectivity index (χ3n) is 4.51. The van der Waals surface area contributed by atoms with Crippen molar-refractivity contribution in [3.8, 4) is 0 Å². The molecule has 0 amide bonds. The minimum absolute atomic E-state index is 0.495. The lowest BCUT2D eigenvalue weighted by molar-refractivity contribution is 0.0330. The van der Waals surface area contributed by atoms with Gasteiger partial charge in [-0.2, -0.15) is 4.98 Å². The topological polar surface area (TPSA) is 77.2 Å². The molecule has 1 aliphatic rings. The van der Waals surface area contributed by atoms with Gasteiger partial charge in [-0.1, -0.05) is 49.0 Å². The minimum Gasteiger partial charge on any atom is -0.379 e. The van der Waals surface area contributed by atoms with E-state index in [-0.39, 0.29) is 0 Å². The fourth-order valence-electron chi connectivity index (χ4n) is 3.15. The van der Waals surface area contributed by atoms with Gasteiger partial charge in [0.05, 0.1) is 31.0 Å². The molecule has 0 atom stereocenters. The average molecular weight is 400 g/mol. The highest BCUT2D eigenvalue weighted by atomic mass is 32.2. The number of fused-ring (bicyclic) bond motifs is 1. The van der Waals surface area contributed by atoms with Crippen molar-refractivity contribution in [1.82, 2.24) is 25.0 Å². The van der Waals surface area contributed by atoms with Crippen molar-refractivity contribution >= 4 is 22.7 Å². The summed E-state index contributed by atoms with van der Waals surface area (Å²) in [6.07, 6.45) is 0.803. The second-order valence-corrected chi connectivity index (χ2v) is 8.31. The number of aromatic nitrogens is 4. The Morgan fingerprint density at radius 2 is 1.89 bits per heavy atom. The minimum atomic E-state index is 0.495. The first-order valence-electron chi connectivity index (χ1n) is 9.67. The molecule has 0 spiro atoms. The van der Waals surface area contributed by atoms with E-state index in [4.69, 9.17) is 19.2 Å². The van der Waals surface area contributed by atoms with Crippen LogP contribution in [0.3, 0.4) is 0 Å². The third-order valence-corrected chi connectivity index (χ3v) is 5.50. The number of morpholine rings is 1. The molecule has 1 aromatic carbocycles. The molecule has 1 aliphatic heterocycles. The molecule has 0 saturated carbocycles. The van der Waals surface area contributed by atoms with Crippen molar-refractivity contribution in [3.05, 3.63) is 41.8 Å².